The maximum absolute atomic E-state index is 11.0. The standard InChI is InChI=1S/C17H32O4/c1-16(2,15(20)21)9-5-3-7-14(19)8-4-6-10-17(13-18)11-12-17/h14,18-19H,3-13H2,1-2H3,(H,20,21). The Balaban J connectivity index is 1.99. The first-order chi connectivity index (χ1) is 9.81. The van der Waals surface area contributed by atoms with Crippen LogP contribution in [-0.2, 0) is 4.79 Å². The average Bonchev–Trinajstić information content (AvgIpc) is 3.20. The van der Waals surface area contributed by atoms with Crippen molar-refractivity contribution in [2.75, 3.05) is 6.61 Å². The van der Waals surface area contributed by atoms with Crippen LogP contribution in [0.1, 0.15) is 78.1 Å². The van der Waals surface area contributed by atoms with Gasteiger partial charge in [-0.25, -0.2) is 0 Å². The Hall–Kier alpha value is -0.610. The monoisotopic (exact) mass is 300 g/mol. The van der Waals surface area contributed by atoms with Gasteiger partial charge in [-0.2, -0.15) is 0 Å². The second kappa shape index (κ2) is 8.14. The Kier molecular flexibility index (Phi) is 7.14. The third-order valence-electron chi connectivity index (χ3n) is 4.96. The zero-order valence-electron chi connectivity index (χ0n) is 13.6. The largest absolute Gasteiger partial charge is 0.481 e. The van der Waals surface area contributed by atoms with Crippen LogP contribution >= 0.6 is 0 Å². The van der Waals surface area contributed by atoms with Crippen LogP contribution < -0.4 is 0 Å². The van der Waals surface area contributed by atoms with E-state index in [1.165, 1.54) is 0 Å². The Morgan fingerprint density at radius 2 is 1.71 bits per heavy atom. The summed E-state index contributed by atoms with van der Waals surface area (Å²) in [7, 11) is 0. The first-order valence-corrected chi connectivity index (χ1v) is 8.34. The molecule has 1 aliphatic carbocycles. The van der Waals surface area contributed by atoms with E-state index in [0.717, 1.165) is 57.8 Å². The van der Waals surface area contributed by atoms with Gasteiger partial charge in [0, 0.05) is 6.61 Å². The first-order valence-electron chi connectivity index (χ1n) is 8.34. The zero-order chi connectivity index (χ0) is 15.9. The SMILES string of the molecule is CC(C)(CCCCC(O)CCCCC1(CO)CC1)C(=O)O. The lowest BCUT2D eigenvalue weighted by molar-refractivity contribution is -0.147. The van der Waals surface area contributed by atoms with Crippen molar-refractivity contribution in [2.24, 2.45) is 10.8 Å². The molecule has 0 aliphatic heterocycles. The Morgan fingerprint density at radius 1 is 1.14 bits per heavy atom. The number of hydrogen-bond donors (Lipinski definition) is 3. The summed E-state index contributed by atoms with van der Waals surface area (Å²) >= 11 is 0. The first kappa shape index (κ1) is 18.4. The lowest BCUT2D eigenvalue weighted by Crippen LogP contribution is -2.23. The van der Waals surface area contributed by atoms with E-state index in [2.05, 4.69) is 0 Å². The molecule has 0 saturated heterocycles. The molecule has 0 heterocycles. The maximum Gasteiger partial charge on any atom is 0.309 e. The van der Waals surface area contributed by atoms with Gasteiger partial charge in [0.05, 0.1) is 11.5 Å². The summed E-state index contributed by atoms with van der Waals surface area (Å²) in [5, 5.41) is 28.2. The highest BCUT2D eigenvalue weighted by Crippen LogP contribution is 2.49. The minimum absolute atomic E-state index is 0.230. The molecule has 0 aromatic heterocycles. The predicted octanol–water partition coefficient (Wildman–Crippen LogP) is 3.35. The van der Waals surface area contributed by atoms with E-state index in [0.29, 0.717) is 13.0 Å². The molecular weight excluding hydrogens is 268 g/mol. The van der Waals surface area contributed by atoms with Crippen molar-refractivity contribution in [1.82, 2.24) is 0 Å². The van der Waals surface area contributed by atoms with Gasteiger partial charge in [0.25, 0.3) is 0 Å². The Labute approximate surface area is 128 Å². The molecule has 0 aromatic rings. The molecule has 0 spiro atoms. The molecule has 1 unspecified atom stereocenters. The highest BCUT2D eigenvalue weighted by Gasteiger charge is 2.40. The van der Waals surface area contributed by atoms with Crippen LogP contribution in [0.25, 0.3) is 0 Å². The van der Waals surface area contributed by atoms with Crippen LogP contribution in [-0.4, -0.2) is 34.0 Å². The number of hydrogen-bond acceptors (Lipinski definition) is 3. The number of aliphatic carboxylic acids is 1. The van der Waals surface area contributed by atoms with Crippen molar-refractivity contribution in [3.05, 3.63) is 0 Å². The Morgan fingerprint density at radius 3 is 2.19 bits per heavy atom. The summed E-state index contributed by atoms with van der Waals surface area (Å²) in [6.45, 7) is 3.82. The summed E-state index contributed by atoms with van der Waals surface area (Å²) in [4.78, 5) is 11.0. The highest BCUT2D eigenvalue weighted by atomic mass is 16.4. The third-order valence-corrected chi connectivity index (χ3v) is 4.96. The second-order valence-electron chi connectivity index (χ2n) is 7.49. The normalized spacial score (nSPS) is 18.5. The molecule has 0 aromatic carbocycles. The molecule has 4 nitrogen and oxygen atoms in total. The fourth-order valence-corrected chi connectivity index (χ4v) is 2.74. The van der Waals surface area contributed by atoms with Gasteiger partial charge >= 0.3 is 5.97 Å². The third kappa shape index (κ3) is 6.79. The molecular formula is C17H32O4. The van der Waals surface area contributed by atoms with Gasteiger partial charge in [0.2, 0.25) is 0 Å². The van der Waals surface area contributed by atoms with Gasteiger partial charge in [0.15, 0.2) is 0 Å². The maximum atomic E-state index is 11.0. The summed E-state index contributed by atoms with van der Waals surface area (Å²) in [5.41, 5.74) is -0.429. The number of aliphatic hydroxyl groups is 2. The number of carbonyl (C=O) groups is 1. The predicted molar refractivity (Wildman–Crippen MR) is 83.1 cm³/mol. The topological polar surface area (TPSA) is 77.8 Å². The summed E-state index contributed by atoms with van der Waals surface area (Å²) in [6, 6.07) is 0. The van der Waals surface area contributed by atoms with Crippen LogP contribution in [0, 0.1) is 10.8 Å². The molecule has 1 atom stereocenters. The molecule has 1 saturated carbocycles. The molecule has 1 fully saturated rings. The van der Waals surface area contributed by atoms with Crippen LogP contribution in [0.5, 0.6) is 0 Å². The summed E-state index contributed by atoms with van der Waals surface area (Å²) < 4.78 is 0. The van der Waals surface area contributed by atoms with E-state index in [1.54, 1.807) is 13.8 Å². The quantitative estimate of drug-likeness (QED) is 0.483. The van der Waals surface area contributed by atoms with Crippen molar-refractivity contribution in [2.45, 2.75) is 84.2 Å². The number of carboxylic acid groups (broad SMARTS) is 1. The highest BCUT2D eigenvalue weighted by molar-refractivity contribution is 5.73. The number of unbranched alkanes of at least 4 members (excludes halogenated alkanes) is 2. The molecule has 1 rings (SSSR count). The number of rotatable bonds is 12. The lowest BCUT2D eigenvalue weighted by atomic mass is 9.87. The van der Waals surface area contributed by atoms with Gasteiger partial charge in [0.1, 0.15) is 0 Å². The van der Waals surface area contributed by atoms with E-state index in [1.807, 2.05) is 0 Å². The van der Waals surface area contributed by atoms with Crippen LogP contribution in [0.15, 0.2) is 0 Å². The molecule has 124 valence electrons. The van der Waals surface area contributed by atoms with Crippen molar-refractivity contribution in [3.63, 3.8) is 0 Å². The fraction of sp³-hybridized carbons (Fsp3) is 0.941. The van der Waals surface area contributed by atoms with Crippen molar-refractivity contribution < 1.29 is 20.1 Å². The van der Waals surface area contributed by atoms with Gasteiger partial charge in [-0.15, -0.1) is 0 Å². The van der Waals surface area contributed by atoms with Crippen molar-refractivity contribution >= 4 is 5.97 Å². The molecule has 0 amide bonds. The molecule has 0 radical (unpaired) electrons. The van der Waals surface area contributed by atoms with Gasteiger partial charge < -0.3 is 15.3 Å². The van der Waals surface area contributed by atoms with E-state index < -0.39 is 11.4 Å². The van der Waals surface area contributed by atoms with Crippen LogP contribution in [0.4, 0.5) is 0 Å². The van der Waals surface area contributed by atoms with Gasteiger partial charge in [-0.1, -0.05) is 25.7 Å². The molecule has 0 bridgehead atoms. The van der Waals surface area contributed by atoms with Gasteiger partial charge in [-0.3, -0.25) is 4.79 Å². The van der Waals surface area contributed by atoms with Crippen molar-refractivity contribution in [3.8, 4) is 0 Å². The van der Waals surface area contributed by atoms with Crippen molar-refractivity contribution in [1.29, 1.82) is 0 Å². The van der Waals surface area contributed by atoms with Gasteiger partial charge in [-0.05, 0) is 57.8 Å². The molecule has 21 heavy (non-hydrogen) atoms. The fourth-order valence-electron chi connectivity index (χ4n) is 2.74. The Bertz CT molecular complexity index is 321. The molecule has 3 N–H and O–H groups in total. The minimum Gasteiger partial charge on any atom is -0.481 e. The summed E-state index contributed by atoms with van der Waals surface area (Å²) in [5.74, 6) is -0.749. The van der Waals surface area contributed by atoms with E-state index in [-0.39, 0.29) is 11.5 Å². The lowest BCUT2D eigenvalue weighted by Gasteiger charge is -2.19. The van der Waals surface area contributed by atoms with E-state index >= 15 is 0 Å². The smallest absolute Gasteiger partial charge is 0.309 e. The summed E-state index contributed by atoms with van der Waals surface area (Å²) in [6.07, 6.45) is 9.23. The number of carboxylic acids is 1. The van der Waals surface area contributed by atoms with E-state index in [4.69, 9.17) is 5.11 Å². The van der Waals surface area contributed by atoms with E-state index in [9.17, 15) is 15.0 Å². The minimum atomic E-state index is -0.749. The van der Waals surface area contributed by atoms with Crippen LogP contribution in [0.3, 0.4) is 0 Å². The zero-order valence-corrected chi connectivity index (χ0v) is 13.6. The second-order valence-corrected chi connectivity index (χ2v) is 7.49. The number of aliphatic hydroxyl groups excluding tert-OH is 2. The molecule has 1 aliphatic rings. The van der Waals surface area contributed by atoms with Crippen LogP contribution in [0.2, 0.25) is 0 Å². The average molecular weight is 300 g/mol. The molecule has 4 heteroatoms.